The smallest absolute Gasteiger partial charge is 0.339 e. The lowest BCUT2D eigenvalue weighted by atomic mass is 10.1. The molecule has 0 unspecified atom stereocenters. The van der Waals surface area contributed by atoms with Crippen molar-refractivity contribution in [2.75, 3.05) is 38.0 Å². The highest BCUT2D eigenvalue weighted by atomic mass is 16.7. The lowest BCUT2D eigenvalue weighted by molar-refractivity contribution is -0.384. The fraction of sp³-hybridized carbons (Fsp3) is 0.364. The number of rotatable bonds is 7. The first kappa shape index (κ1) is 22.3. The van der Waals surface area contributed by atoms with E-state index < -0.39 is 22.9 Å². The highest BCUT2D eigenvalue weighted by Crippen LogP contribution is 2.32. The van der Waals surface area contributed by atoms with Crippen molar-refractivity contribution < 1.29 is 33.5 Å². The van der Waals surface area contributed by atoms with Crippen LogP contribution in [0.15, 0.2) is 36.4 Å². The van der Waals surface area contributed by atoms with Gasteiger partial charge in [0.15, 0.2) is 17.6 Å². The van der Waals surface area contributed by atoms with Gasteiger partial charge < -0.3 is 29.2 Å². The second-order valence-electron chi connectivity index (χ2n) is 7.51. The number of fused-ring (bicyclic) bond motifs is 1. The number of carbonyl (C=O) groups excluding carboxylic acids is 2. The number of nitro benzene ring substituents is 1. The summed E-state index contributed by atoms with van der Waals surface area (Å²) < 4.78 is 21.1. The standard InChI is InChI=1S/C22H23N3O8/c1-14(21(26)23-12-15-2-5-19-20(10-15)32-13-31-19)33-22(27)16-3-4-17(18(11-16)25(28)29)24-6-8-30-9-7-24/h2-5,10-11,14H,6-9,12-13H2,1H3,(H,23,26)/t14-/m0/s1. The van der Waals surface area contributed by atoms with Crippen molar-refractivity contribution in [1.82, 2.24) is 5.32 Å². The summed E-state index contributed by atoms with van der Waals surface area (Å²) in [4.78, 5) is 37.8. The van der Waals surface area contributed by atoms with E-state index in [1.165, 1.54) is 25.1 Å². The number of carbonyl (C=O) groups is 2. The van der Waals surface area contributed by atoms with Crippen LogP contribution in [0.2, 0.25) is 0 Å². The molecule has 2 aliphatic heterocycles. The minimum atomic E-state index is -1.09. The van der Waals surface area contributed by atoms with Gasteiger partial charge in [-0.2, -0.15) is 0 Å². The molecule has 2 aromatic carbocycles. The Morgan fingerprint density at radius 1 is 1.15 bits per heavy atom. The molecule has 0 radical (unpaired) electrons. The first-order chi connectivity index (χ1) is 15.9. The summed E-state index contributed by atoms with van der Waals surface area (Å²) >= 11 is 0. The van der Waals surface area contributed by atoms with Gasteiger partial charge >= 0.3 is 5.97 Å². The van der Waals surface area contributed by atoms with Crippen LogP contribution in [0.3, 0.4) is 0 Å². The number of nitrogens with one attached hydrogen (secondary N) is 1. The van der Waals surface area contributed by atoms with Gasteiger partial charge in [0.05, 0.1) is 23.7 Å². The number of ether oxygens (including phenoxy) is 4. The monoisotopic (exact) mass is 457 g/mol. The van der Waals surface area contributed by atoms with E-state index in [2.05, 4.69) is 5.32 Å². The lowest BCUT2D eigenvalue weighted by Crippen LogP contribution is -2.36. The molecule has 0 aliphatic carbocycles. The molecule has 0 aromatic heterocycles. The van der Waals surface area contributed by atoms with Gasteiger partial charge in [0.1, 0.15) is 5.69 Å². The molecule has 4 rings (SSSR count). The summed E-state index contributed by atoms with van der Waals surface area (Å²) in [7, 11) is 0. The third kappa shape index (κ3) is 5.14. The number of hydrogen-bond donors (Lipinski definition) is 1. The second-order valence-corrected chi connectivity index (χ2v) is 7.51. The van der Waals surface area contributed by atoms with Gasteiger partial charge in [-0.1, -0.05) is 6.07 Å². The predicted octanol–water partition coefficient (Wildman–Crippen LogP) is 2.02. The van der Waals surface area contributed by atoms with E-state index in [0.29, 0.717) is 43.5 Å². The normalized spacial score (nSPS) is 15.6. The van der Waals surface area contributed by atoms with Gasteiger partial charge in [0, 0.05) is 25.7 Å². The quantitative estimate of drug-likeness (QED) is 0.377. The maximum atomic E-state index is 12.5. The molecule has 1 fully saturated rings. The summed E-state index contributed by atoms with van der Waals surface area (Å²) in [5, 5.41) is 14.3. The maximum Gasteiger partial charge on any atom is 0.339 e. The third-order valence-corrected chi connectivity index (χ3v) is 5.32. The van der Waals surface area contributed by atoms with E-state index in [-0.39, 0.29) is 24.6 Å². The Morgan fingerprint density at radius 3 is 2.67 bits per heavy atom. The summed E-state index contributed by atoms with van der Waals surface area (Å²) in [6.45, 7) is 3.78. The zero-order valence-electron chi connectivity index (χ0n) is 17.9. The van der Waals surface area contributed by atoms with Gasteiger partial charge in [-0.15, -0.1) is 0 Å². The highest BCUT2D eigenvalue weighted by Gasteiger charge is 2.25. The number of nitro groups is 1. The Bertz CT molecular complexity index is 1070. The Kier molecular flexibility index (Phi) is 6.59. The van der Waals surface area contributed by atoms with Crippen LogP contribution in [0.25, 0.3) is 0 Å². The van der Waals surface area contributed by atoms with Crippen molar-refractivity contribution in [3.63, 3.8) is 0 Å². The van der Waals surface area contributed by atoms with Crippen LogP contribution in [-0.4, -0.2) is 56.0 Å². The molecule has 174 valence electrons. The molecule has 2 aromatic rings. The number of esters is 1. The molecule has 11 heteroatoms. The zero-order chi connectivity index (χ0) is 23.4. The van der Waals surface area contributed by atoms with Gasteiger partial charge in [0.2, 0.25) is 6.79 Å². The molecule has 1 amide bonds. The van der Waals surface area contributed by atoms with E-state index in [1.807, 2.05) is 4.90 Å². The topological polar surface area (TPSA) is 129 Å². The van der Waals surface area contributed by atoms with Crippen LogP contribution < -0.4 is 19.7 Å². The highest BCUT2D eigenvalue weighted by molar-refractivity contribution is 5.93. The first-order valence-corrected chi connectivity index (χ1v) is 10.4. The van der Waals surface area contributed by atoms with Gasteiger partial charge in [-0.3, -0.25) is 14.9 Å². The molecule has 2 aliphatic rings. The molecule has 0 saturated carbocycles. The van der Waals surface area contributed by atoms with Crippen molar-refractivity contribution >= 4 is 23.3 Å². The van der Waals surface area contributed by atoms with Crippen LogP contribution in [0.5, 0.6) is 11.5 Å². The van der Waals surface area contributed by atoms with Crippen molar-refractivity contribution in [1.29, 1.82) is 0 Å². The van der Waals surface area contributed by atoms with Crippen LogP contribution in [0, 0.1) is 10.1 Å². The van der Waals surface area contributed by atoms with E-state index in [0.717, 1.165) is 5.56 Å². The molecule has 1 saturated heterocycles. The molecule has 33 heavy (non-hydrogen) atoms. The molecule has 11 nitrogen and oxygen atoms in total. The van der Waals surface area contributed by atoms with Crippen LogP contribution >= 0.6 is 0 Å². The third-order valence-electron chi connectivity index (χ3n) is 5.32. The van der Waals surface area contributed by atoms with E-state index in [1.54, 1.807) is 18.2 Å². The number of anilines is 1. The number of nitrogens with zero attached hydrogens (tertiary/aromatic N) is 2. The Morgan fingerprint density at radius 2 is 1.91 bits per heavy atom. The minimum Gasteiger partial charge on any atom is -0.454 e. The molecule has 1 atom stereocenters. The lowest BCUT2D eigenvalue weighted by Gasteiger charge is -2.28. The SMILES string of the molecule is C[C@H](OC(=O)c1ccc(N2CCOCC2)c([N+](=O)[O-])c1)C(=O)NCc1ccc2c(c1)OCO2. The zero-order valence-corrected chi connectivity index (χ0v) is 17.9. The van der Waals surface area contributed by atoms with Crippen molar-refractivity contribution in [3.8, 4) is 11.5 Å². The Labute approximate surface area is 189 Å². The van der Waals surface area contributed by atoms with E-state index in [9.17, 15) is 19.7 Å². The fourth-order valence-electron chi connectivity index (χ4n) is 3.53. The number of hydrogen-bond acceptors (Lipinski definition) is 9. The average molecular weight is 457 g/mol. The Balaban J connectivity index is 1.37. The Hall–Kier alpha value is -3.86. The minimum absolute atomic E-state index is 0.00543. The van der Waals surface area contributed by atoms with Gasteiger partial charge in [-0.25, -0.2) is 4.79 Å². The van der Waals surface area contributed by atoms with Gasteiger partial charge in [0.25, 0.3) is 11.6 Å². The maximum absolute atomic E-state index is 12.5. The molecular formula is C22H23N3O8. The molecule has 2 heterocycles. The number of morpholine rings is 1. The summed E-state index contributed by atoms with van der Waals surface area (Å²) in [5.74, 6) is -0.0812. The summed E-state index contributed by atoms with van der Waals surface area (Å²) in [6, 6.07) is 9.45. The van der Waals surface area contributed by atoms with Crippen molar-refractivity contribution in [2.45, 2.75) is 19.6 Å². The largest absolute Gasteiger partial charge is 0.454 e. The van der Waals surface area contributed by atoms with Crippen molar-refractivity contribution in [3.05, 3.63) is 57.6 Å². The fourth-order valence-corrected chi connectivity index (χ4v) is 3.53. The van der Waals surface area contributed by atoms with E-state index in [4.69, 9.17) is 18.9 Å². The summed E-state index contributed by atoms with van der Waals surface area (Å²) in [6.07, 6.45) is -1.09. The molecule has 0 bridgehead atoms. The van der Waals surface area contributed by atoms with Crippen molar-refractivity contribution in [2.24, 2.45) is 0 Å². The summed E-state index contributed by atoms with van der Waals surface area (Å²) in [5.41, 5.74) is 0.996. The number of benzene rings is 2. The second kappa shape index (κ2) is 9.74. The van der Waals surface area contributed by atoms with Crippen LogP contribution in [0.4, 0.5) is 11.4 Å². The first-order valence-electron chi connectivity index (χ1n) is 10.4. The van der Waals surface area contributed by atoms with Gasteiger partial charge in [-0.05, 0) is 36.8 Å². The van der Waals surface area contributed by atoms with Crippen LogP contribution in [-0.2, 0) is 20.8 Å². The molecular weight excluding hydrogens is 434 g/mol. The molecule has 1 N–H and O–H groups in total. The van der Waals surface area contributed by atoms with Crippen LogP contribution in [0.1, 0.15) is 22.8 Å². The average Bonchev–Trinajstić information content (AvgIpc) is 3.30. The number of amides is 1. The van der Waals surface area contributed by atoms with E-state index >= 15 is 0 Å². The predicted molar refractivity (Wildman–Crippen MR) is 115 cm³/mol. The molecule has 0 spiro atoms.